The smallest absolute Gasteiger partial charge is 0.271 e. The quantitative estimate of drug-likeness (QED) is 0.556. The van der Waals surface area contributed by atoms with Crippen molar-refractivity contribution >= 4 is 37.2 Å². The van der Waals surface area contributed by atoms with Crippen LogP contribution in [0.15, 0.2) is 24.3 Å². The molecule has 0 spiro atoms. The lowest BCUT2D eigenvalue weighted by Gasteiger charge is -2.22. The van der Waals surface area contributed by atoms with Crippen LogP contribution < -0.4 is 10.4 Å². The molecule has 0 N–H and O–H groups in total. The van der Waals surface area contributed by atoms with Gasteiger partial charge in [0.05, 0.1) is 0 Å². The van der Waals surface area contributed by atoms with E-state index in [0.29, 0.717) is 0 Å². The average Bonchev–Trinajstić information content (AvgIpc) is 2.01. The Hall–Kier alpha value is -0.126. The lowest BCUT2D eigenvalue weighted by atomic mass is 10.4. The normalized spacial score (nSPS) is 13.0. The Morgan fingerprint density at radius 1 is 1.00 bits per heavy atom. The lowest BCUT2D eigenvalue weighted by Crippen LogP contribution is -2.54. The van der Waals surface area contributed by atoms with Crippen molar-refractivity contribution in [3.8, 4) is 0 Å². The Labute approximate surface area is 92.0 Å². The molecular formula is C10H16ClFSi2. The zero-order valence-corrected chi connectivity index (χ0v) is 11.8. The molecule has 78 valence electrons. The number of hydrogen-bond acceptors (Lipinski definition) is 0. The van der Waals surface area contributed by atoms with Crippen LogP contribution in [0.4, 0.5) is 4.11 Å². The van der Waals surface area contributed by atoms with E-state index in [2.05, 4.69) is 0 Å². The van der Waals surface area contributed by atoms with Gasteiger partial charge in [-0.2, -0.15) is 11.1 Å². The van der Waals surface area contributed by atoms with Crippen molar-refractivity contribution in [2.45, 2.75) is 26.2 Å². The summed E-state index contributed by atoms with van der Waals surface area (Å²) in [6, 6.07) is 7.70. The van der Waals surface area contributed by atoms with Crippen molar-refractivity contribution in [2.75, 3.05) is 0 Å². The Morgan fingerprint density at radius 2 is 1.43 bits per heavy atom. The van der Waals surface area contributed by atoms with Gasteiger partial charge >= 0.3 is 0 Å². The zero-order chi connectivity index (χ0) is 11.0. The molecular weight excluding hydrogens is 231 g/mol. The standard InChI is InChI=1S/C10H16ClFSi2/c1-13(2,11)9-7-5-6-8-10(9)14(3,4)12/h5-8H,1-4H3. The van der Waals surface area contributed by atoms with Gasteiger partial charge in [0.2, 0.25) is 0 Å². The molecule has 0 bridgehead atoms. The van der Waals surface area contributed by atoms with Crippen LogP contribution >= 0.6 is 11.1 Å². The van der Waals surface area contributed by atoms with E-state index in [4.69, 9.17) is 11.1 Å². The summed E-state index contributed by atoms with van der Waals surface area (Å²) in [6.07, 6.45) is 0. The molecule has 0 saturated carbocycles. The van der Waals surface area contributed by atoms with E-state index in [-0.39, 0.29) is 0 Å². The molecule has 0 nitrogen and oxygen atoms in total. The summed E-state index contributed by atoms with van der Waals surface area (Å²) in [7, 11) is -4.66. The molecule has 0 aliphatic heterocycles. The Morgan fingerprint density at radius 3 is 1.71 bits per heavy atom. The third-order valence-electron chi connectivity index (χ3n) is 2.21. The van der Waals surface area contributed by atoms with Crippen molar-refractivity contribution in [3.05, 3.63) is 24.3 Å². The topological polar surface area (TPSA) is 0 Å². The summed E-state index contributed by atoms with van der Waals surface area (Å²) in [5.41, 5.74) is 0. The molecule has 0 saturated heterocycles. The highest BCUT2D eigenvalue weighted by Crippen LogP contribution is 2.11. The van der Waals surface area contributed by atoms with Crippen molar-refractivity contribution in [3.63, 3.8) is 0 Å². The van der Waals surface area contributed by atoms with Gasteiger partial charge < -0.3 is 4.11 Å². The molecule has 0 fully saturated rings. The zero-order valence-electron chi connectivity index (χ0n) is 9.07. The highest BCUT2D eigenvalue weighted by atomic mass is 35.6. The molecule has 1 aromatic carbocycles. The second kappa shape index (κ2) is 3.79. The van der Waals surface area contributed by atoms with Crippen molar-refractivity contribution in [1.29, 1.82) is 0 Å². The Kier molecular flexibility index (Phi) is 3.24. The van der Waals surface area contributed by atoms with Gasteiger partial charge in [0.25, 0.3) is 8.41 Å². The minimum atomic E-state index is -2.74. The molecule has 0 amide bonds. The monoisotopic (exact) mass is 246 g/mol. The van der Waals surface area contributed by atoms with E-state index in [0.717, 1.165) is 10.4 Å². The summed E-state index contributed by atoms with van der Waals surface area (Å²) in [4.78, 5) is 0. The largest absolute Gasteiger partial charge is 0.308 e. The highest BCUT2D eigenvalue weighted by Gasteiger charge is 2.32. The van der Waals surface area contributed by atoms with Crippen molar-refractivity contribution in [1.82, 2.24) is 0 Å². The third kappa shape index (κ3) is 2.68. The van der Waals surface area contributed by atoms with E-state index in [1.165, 1.54) is 0 Å². The molecule has 1 aromatic rings. The van der Waals surface area contributed by atoms with Gasteiger partial charge in [0, 0.05) is 0 Å². The van der Waals surface area contributed by atoms with Crippen molar-refractivity contribution in [2.24, 2.45) is 0 Å². The van der Waals surface area contributed by atoms with Gasteiger partial charge in [-0.15, -0.1) is 0 Å². The molecule has 0 atom stereocenters. The first kappa shape index (κ1) is 11.9. The van der Waals surface area contributed by atoms with E-state index < -0.39 is 15.8 Å². The molecule has 14 heavy (non-hydrogen) atoms. The SMILES string of the molecule is C[Si](C)(F)c1ccccc1[Si](C)(C)Cl. The van der Waals surface area contributed by atoms with Crippen LogP contribution in [-0.4, -0.2) is 15.8 Å². The molecule has 0 radical (unpaired) electrons. The molecule has 0 aromatic heterocycles. The number of rotatable bonds is 2. The molecule has 4 heteroatoms. The molecule has 0 heterocycles. The van der Waals surface area contributed by atoms with E-state index in [1.807, 2.05) is 37.4 Å². The second-order valence-electron chi connectivity index (χ2n) is 4.49. The fourth-order valence-electron chi connectivity index (χ4n) is 1.52. The van der Waals surface area contributed by atoms with E-state index in [9.17, 15) is 4.11 Å². The summed E-state index contributed by atoms with van der Waals surface area (Å²) < 4.78 is 14.0. The minimum absolute atomic E-state index is 0.867. The van der Waals surface area contributed by atoms with Crippen LogP contribution in [0, 0.1) is 0 Å². The summed E-state index contributed by atoms with van der Waals surface area (Å²) >= 11 is 6.36. The number of halogens is 2. The summed E-state index contributed by atoms with van der Waals surface area (Å²) in [6.45, 7) is 7.49. The van der Waals surface area contributed by atoms with Crippen LogP contribution in [0.5, 0.6) is 0 Å². The third-order valence-corrected chi connectivity index (χ3v) is 6.50. The number of hydrogen-bond donors (Lipinski definition) is 0. The van der Waals surface area contributed by atoms with E-state index >= 15 is 0 Å². The van der Waals surface area contributed by atoms with Crippen LogP contribution in [0.2, 0.25) is 26.2 Å². The van der Waals surface area contributed by atoms with Gasteiger partial charge in [0.1, 0.15) is 0 Å². The maximum Gasteiger partial charge on any atom is 0.271 e. The average molecular weight is 247 g/mol. The van der Waals surface area contributed by atoms with Crippen LogP contribution in [0.1, 0.15) is 0 Å². The maximum atomic E-state index is 14.0. The fourth-order valence-corrected chi connectivity index (χ4v) is 6.51. The highest BCUT2D eigenvalue weighted by molar-refractivity contribution is 7.27. The first-order valence-corrected chi connectivity index (χ1v) is 11.6. The first-order valence-electron chi connectivity index (χ1n) is 4.71. The fraction of sp³-hybridized carbons (Fsp3) is 0.400. The van der Waals surface area contributed by atoms with Gasteiger partial charge in [-0.05, 0) is 23.5 Å². The maximum absolute atomic E-state index is 14.0. The predicted molar refractivity (Wildman–Crippen MR) is 67.6 cm³/mol. The van der Waals surface area contributed by atoms with Gasteiger partial charge in [-0.1, -0.05) is 37.4 Å². The van der Waals surface area contributed by atoms with Crippen molar-refractivity contribution < 1.29 is 4.11 Å². The van der Waals surface area contributed by atoms with Crippen LogP contribution in [0.3, 0.4) is 0 Å². The van der Waals surface area contributed by atoms with Gasteiger partial charge in [-0.3, -0.25) is 0 Å². The first-order chi connectivity index (χ1) is 6.23. The van der Waals surface area contributed by atoms with Gasteiger partial charge in [0.15, 0.2) is 7.38 Å². The molecule has 0 aliphatic rings. The van der Waals surface area contributed by atoms with Crippen LogP contribution in [0.25, 0.3) is 0 Å². The molecule has 0 aliphatic carbocycles. The number of benzene rings is 1. The van der Waals surface area contributed by atoms with E-state index in [1.54, 1.807) is 13.1 Å². The lowest BCUT2D eigenvalue weighted by molar-refractivity contribution is 0.822. The second-order valence-corrected chi connectivity index (χ2v) is 14.3. The Bertz CT molecular complexity index is 293. The minimum Gasteiger partial charge on any atom is -0.308 e. The molecule has 0 unspecified atom stereocenters. The summed E-state index contributed by atoms with van der Waals surface area (Å²) in [5, 5.41) is 1.92. The predicted octanol–water partition coefficient (Wildman–Crippen LogP) is 2.72. The van der Waals surface area contributed by atoms with Gasteiger partial charge in [-0.25, -0.2) is 0 Å². The Balaban J connectivity index is 3.31. The van der Waals surface area contributed by atoms with Crippen LogP contribution in [-0.2, 0) is 0 Å². The molecule has 1 rings (SSSR count). The summed E-state index contributed by atoms with van der Waals surface area (Å²) in [5.74, 6) is 0.